The Kier molecular flexibility index (Phi) is 2.25. The zero-order valence-corrected chi connectivity index (χ0v) is 9.47. The normalized spacial score (nSPS) is 17.6. The first-order valence-corrected chi connectivity index (χ1v) is 5.54. The van der Waals surface area contributed by atoms with Gasteiger partial charge < -0.3 is 9.47 Å². The second-order valence-corrected chi connectivity index (χ2v) is 4.10. The van der Waals surface area contributed by atoms with Crippen molar-refractivity contribution in [2.24, 2.45) is 0 Å². The van der Waals surface area contributed by atoms with Gasteiger partial charge in [0, 0.05) is 12.0 Å². The molecule has 1 atom stereocenters. The van der Waals surface area contributed by atoms with Crippen molar-refractivity contribution in [3.8, 4) is 5.75 Å². The number of ether oxygens (including phenoxy) is 2. The molecule has 0 N–H and O–H groups in total. The van der Waals surface area contributed by atoms with Crippen LogP contribution in [0.4, 0.5) is 0 Å². The van der Waals surface area contributed by atoms with Crippen molar-refractivity contribution >= 4 is 16.7 Å². The quantitative estimate of drug-likeness (QED) is 0.703. The maximum Gasteiger partial charge on any atom is 0.347 e. The van der Waals surface area contributed by atoms with E-state index in [2.05, 4.69) is 12.1 Å². The number of methoxy groups -OCH3 is 1. The van der Waals surface area contributed by atoms with E-state index in [9.17, 15) is 4.79 Å². The van der Waals surface area contributed by atoms with Crippen LogP contribution in [0.15, 0.2) is 36.4 Å². The highest BCUT2D eigenvalue weighted by molar-refractivity contribution is 5.89. The molecule has 1 unspecified atom stereocenters. The van der Waals surface area contributed by atoms with E-state index in [0.29, 0.717) is 6.42 Å². The Labute approximate surface area is 99.0 Å². The fourth-order valence-electron chi connectivity index (χ4n) is 2.28. The van der Waals surface area contributed by atoms with E-state index >= 15 is 0 Å². The first kappa shape index (κ1) is 10.1. The zero-order chi connectivity index (χ0) is 11.8. The molecule has 1 heterocycles. The number of carbonyl (C=O) groups is 1. The maximum absolute atomic E-state index is 11.5. The summed E-state index contributed by atoms with van der Waals surface area (Å²) in [6.45, 7) is 0. The summed E-state index contributed by atoms with van der Waals surface area (Å²) in [7, 11) is 1.38. The Morgan fingerprint density at radius 3 is 2.94 bits per heavy atom. The van der Waals surface area contributed by atoms with Crippen LogP contribution in [0, 0.1) is 0 Å². The predicted molar refractivity (Wildman–Crippen MR) is 64.1 cm³/mol. The molecular weight excluding hydrogens is 216 g/mol. The Morgan fingerprint density at radius 2 is 2.12 bits per heavy atom. The Bertz CT molecular complexity index is 589. The number of esters is 1. The summed E-state index contributed by atoms with van der Waals surface area (Å²) in [4.78, 5) is 11.5. The Morgan fingerprint density at radius 1 is 1.29 bits per heavy atom. The van der Waals surface area contributed by atoms with Crippen molar-refractivity contribution in [2.45, 2.75) is 12.5 Å². The predicted octanol–water partition coefficient (Wildman–Crippen LogP) is 2.32. The summed E-state index contributed by atoms with van der Waals surface area (Å²) >= 11 is 0. The molecule has 3 nitrogen and oxygen atoms in total. The average Bonchev–Trinajstić information content (AvgIpc) is 2.82. The van der Waals surface area contributed by atoms with Crippen molar-refractivity contribution in [2.75, 3.05) is 7.11 Å². The molecule has 17 heavy (non-hydrogen) atoms. The third-order valence-electron chi connectivity index (χ3n) is 3.12. The van der Waals surface area contributed by atoms with E-state index < -0.39 is 6.10 Å². The molecule has 0 spiro atoms. The SMILES string of the molecule is COC(=O)C1Cc2c(ccc3ccccc23)O1. The fraction of sp³-hybridized carbons (Fsp3) is 0.214. The standard InChI is InChI=1S/C14H12O3/c1-16-14(15)13-8-11-10-5-3-2-4-9(10)6-7-12(11)17-13/h2-7,13H,8H2,1H3. The van der Waals surface area contributed by atoms with Crippen LogP contribution in [-0.2, 0) is 16.0 Å². The molecule has 86 valence electrons. The molecule has 2 aromatic carbocycles. The number of hydrogen-bond donors (Lipinski definition) is 0. The number of hydrogen-bond acceptors (Lipinski definition) is 3. The molecule has 0 bridgehead atoms. The third-order valence-corrected chi connectivity index (χ3v) is 3.12. The van der Waals surface area contributed by atoms with E-state index in [1.54, 1.807) is 0 Å². The van der Waals surface area contributed by atoms with Crippen LogP contribution in [0.2, 0.25) is 0 Å². The first-order chi connectivity index (χ1) is 8.29. The lowest BCUT2D eigenvalue weighted by molar-refractivity contribution is -0.147. The van der Waals surface area contributed by atoms with Crippen LogP contribution in [0.5, 0.6) is 5.75 Å². The van der Waals surface area contributed by atoms with Crippen LogP contribution in [-0.4, -0.2) is 19.2 Å². The Hall–Kier alpha value is -2.03. The molecule has 0 amide bonds. The largest absolute Gasteiger partial charge is 0.478 e. The van der Waals surface area contributed by atoms with Crippen molar-refractivity contribution in [3.63, 3.8) is 0 Å². The van der Waals surface area contributed by atoms with Crippen molar-refractivity contribution in [3.05, 3.63) is 42.0 Å². The van der Waals surface area contributed by atoms with E-state index in [1.165, 1.54) is 12.5 Å². The fourth-order valence-corrected chi connectivity index (χ4v) is 2.28. The molecule has 1 aliphatic rings. The van der Waals surface area contributed by atoms with Crippen LogP contribution in [0.3, 0.4) is 0 Å². The summed E-state index contributed by atoms with van der Waals surface area (Å²) in [6, 6.07) is 12.0. The van der Waals surface area contributed by atoms with Crippen LogP contribution >= 0.6 is 0 Å². The molecule has 0 aliphatic carbocycles. The molecule has 0 aromatic heterocycles. The van der Waals surface area contributed by atoms with Gasteiger partial charge in [-0.15, -0.1) is 0 Å². The second kappa shape index (κ2) is 3.77. The molecular formula is C14H12O3. The third kappa shape index (κ3) is 1.55. The van der Waals surface area contributed by atoms with Crippen molar-refractivity contribution < 1.29 is 14.3 Å². The minimum atomic E-state index is -0.499. The topological polar surface area (TPSA) is 35.5 Å². The van der Waals surface area contributed by atoms with E-state index in [4.69, 9.17) is 9.47 Å². The zero-order valence-electron chi connectivity index (χ0n) is 9.47. The summed E-state index contributed by atoms with van der Waals surface area (Å²) in [5, 5.41) is 2.32. The van der Waals surface area contributed by atoms with Gasteiger partial charge in [0.1, 0.15) is 5.75 Å². The molecule has 0 fully saturated rings. The van der Waals surface area contributed by atoms with E-state index in [0.717, 1.165) is 16.7 Å². The lowest BCUT2D eigenvalue weighted by Gasteiger charge is -2.06. The lowest BCUT2D eigenvalue weighted by atomic mass is 10.0. The monoisotopic (exact) mass is 228 g/mol. The molecule has 0 saturated carbocycles. The van der Waals surface area contributed by atoms with E-state index in [1.807, 2.05) is 24.3 Å². The van der Waals surface area contributed by atoms with Gasteiger partial charge in [-0.2, -0.15) is 0 Å². The van der Waals surface area contributed by atoms with Gasteiger partial charge in [0.05, 0.1) is 7.11 Å². The smallest absolute Gasteiger partial charge is 0.347 e. The van der Waals surface area contributed by atoms with Gasteiger partial charge in [0.2, 0.25) is 0 Å². The van der Waals surface area contributed by atoms with Gasteiger partial charge in [-0.1, -0.05) is 30.3 Å². The molecule has 2 aromatic rings. The van der Waals surface area contributed by atoms with Crippen LogP contribution in [0.1, 0.15) is 5.56 Å². The summed E-state index contributed by atoms with van der Waals surface area (Å²) in [5.74, 6) is 0.476. The van der Waals surface area contributed by atoms with Crippen molar-refractivity contribution in [1.82, 2.24) is 0 Å². The Balaban J connectivity index is 2.08. The highest BCUT2D eigenvalue weighted by Crippen LogP contribution is 2.35. The molecule has 1 aliphatic heterocycles. The first-order valence-electron chi connectivity index (χ1n) is 5.54. The molecule has 0 radical (unpaired) electrons. The summed E-state index contributed by atoms with van der Waals surface area (Å²) in [5.41, 5.74) is 1.10. The maximum atomic E-state index is 11.5. The highest BCUT2D eigenvalue weighted by Gasteiger charge is 2.30. The van der Waals surface area contributed by atoms with Crippen molar-refractivity contribution in [1.29, 1.82) is 0 Å². The van der Waals surface area contributed by atoms with Gasteiger partial charge in [-0.3, -0.25) is 0 Å². The second-order valence-electron chi connectivity index (χ2n) is 4.10. The highest BCUT2D eigenvalue weighted by atomic mass is 16.6. The van der Waals surface area contributed by atoms with Gasteiger partial charge >= 0.3 is 5.97 Å². The minimum Gasteiger partial charge on any atom is -0.478 e. The minimum absolute atomic E-state index is 0.315. The number of carbonyl (C=O) groups excluding carboxylic acids is 1. The van der Waals surface area contributed by atoms with Gasteiger partial charge in [-0.25, -0.2) is 4.79 Å². The van der Waals surface area contributed by atoms with Crippen LogP contribution < -0.4 is 4.74 Å². The van der Waals surface area contributed by atoms with Crippen LogP contribution in [0.25, 0.3) is 10.8 Å². The van der Waals surface area contributed by atoms with Gasteiger partial charge in [0.25, 0.3) is 0 Å². The average molecular weight is 228 g/mol. The summed E-state index contributed by atoms with van der Waals surface area (Å²) in [6.07, 6.45) is 0.0874. The number of rotatable bonds is 1. The van der Waals surface area contributed by atoms with Gasteiger partial charge in [-0.05, 0) is 16.8 Å². The number of benzene rings is 2. The number of fused-ring (bicyclic) bond motifs is 3. The molecule has 3 rings (SSSR count). The lowest BCUT2D eigenvalue weighted by Crippen LogP contribution is -2.26. The summed E-state index contributed by atoms with van der Waals surface area (Å²) < 4.78 is 10.3. The molecule has 3 heteroatoms. The van der Waals surface area contributed by atoms with Gasteiger partial charge in [0.15, 0.2) is 6.10 Å². The van der Waals surface area contributed by atoms with E-state index in [-0.39, 0.29) is 5.97 Å². The molecule has 0 saturated heterocycles.